The van der Waals surface area contributed by atoms with Crippen LogP contribution in [-0.4, -0.2) is 25.7 Å². The van der Waals surface area contributed by atoms with Crippen LogP contribution in [0.5, 0.6) is 0 Å². The first kappa shape index (κ1) is 9.17. The highest BCUT2D eigenvalue weighted by Crippen LogP contribution is 2.37. The summed E-state index contributed by atoms with van der Waals surface area (Å²) >= 11 is 0. The Labute approximate surface area is 86.8 Å². The van der Waals surface area contributed by atoms with E-state index in [-0.39, 0.29) is 0 Å². The van der Waals surface area contributed by atoms with Gasteiger partial charge in [-0.25, -0.2) is 0 Å². The largest absolute Gasteiger partial charge is 0.315 e. The first-order valence-corrected chi connectivity index (χ1v) is 6.37. The Morgan fingerprint density at radius 1 is 1.07 bits per heavy atom. The van der Waals surface area contributed by atoms with Crippen LogP contribution in [0.3, 0.4) is 0 Å². The van der Waals surface area contributed by atoms with Crippen molar-refractivity contribution in [1.82, 2.24) is 10.6 Å². The van der Waals surface area contributed by atoms with E-state index in [1.54, 1.807) is 0 Å². The molecule has 0 aromatic heterocycles. The molecular weight excluding hydrogens is 172 g/mol. The van der Waals surface area contributed by atoms with Crippen LogP contribution in [0.25, 0.3) is 0 Å². The molecule has 0 radical (unpaired) electrons. The molecule has 80 valence electrons. The van der Waals surface area contributed by atoms with E-state index >= 15 is 0 Å². The summed E-state index contributed by atoms with van der Waals surface area (Å²) < 4.78 is 0. The molecule has 2 heteroatoms. The topological polar surface area (TPSA) is 24.1 Å². The fraction of sp³-hybridized carbons (Fsp3) is 1.00. The van der Waals surface area contributed by atoms with E-state index in [1.807, 2.05) is 0 Å². The van der Waals surface area contributed by atoms with Gasteiger partial charge in [-0.15, -0.1) is 0 Å². The Hall–Kier alpha value is -0.0800. The van der Waals surface area contributed by atoms with Crippen molar-refractivity contribution < 1.29 is 0 Å². The highest BCUT2D eigenvalue weighted by Gasteiger charge is 2.38. The highest BCUT2D eigenvalue weighted by molar-refractivity contribution is 4.95. The summed E-state index contributed by atoms with van der Waals surface area (Å²) in [6.45, 7) is 3.79. The lowest BCUT2D eigenvalue weighted by Gasteiger charge is -2.18. The van der Waals surface area contributed by atoms with Crippen LogP contribution in [0.15, 0.2) is 0 Å². The normalized spacial score (nSPS) is 41.6. The van der Waals surface area contributed by atoms with Crippen LogP contribution < -0.4 is 10.6 Å². The molecule has 2 N–H and O–H groups in total. The van der Waals surface area contributed by atoms with Crippen molar-refractivity contribution in [3.63, 3.8) is 0 Å². The SMILES string of the molecule is C1CC2CNC(CNCC3CC3)C2C1. The number of nitrogens with one attached hydrogen (secondary N) is 2. The fourth-order valence-electron chi connectivity index (χ4n) is 3.29. The van der Waals surface area contributed by atoms with Crippen molar-refractivity contribution in [2.24, 2.45) is 17.8 Å². The Kier molecular flexibility index (Phi) is 2.50. The van der Waals surface area contributed by atoms with Gasteiger partial charge in [0, 0.05) is 12.6 Å². The molecule has 1 aliphatic heterocycles. The average Bonchev–Trinajstić information content (AvgIpc) is 2.76. The fourth-order valence-corrected chi connectivity index (χ4v) is 3.29. The van der Waals surface area contributed by atoms with Gasteiger partial charge in [-0.05, 0) is 56.5 Å². The quantitative estimate of drug-likeness (QED) is 0.706. The molecule has 3 atom stereocenters. The zero-order chi connectivity index (χ0) is 9.38. The van der Waals surface area contributed by atoms with Crippen molar-refractivity contribution in [2.45, 2.75) is 38.1 Å². The van der Waals surface area contributed by atoms with Crippen LogP contribution >= 0.6 is 0 Å². The summed E-state index contributed by atoms with van der Waals surface area (Å²) in [6, 6.07) is 0.793. The molecule has 14 heavy (non-hydrogen) atoms. The summed E-state index contributed by atoms with van der Waals surface area (Å²) in [5, 5.41) is 7.33. The number of hydrogen-bond donors (Lipinski definition) is 2. The minimum absolute atomic E-state index is 0.793. The predicted molar refractivity (Wildman–Crippen MR) is 58.2 cm³/mol. The minimum Gasteiger partial charge on any atom is -0.315 e. The van der Waals surface area contributed by atoms with Crippen LogP contribution in [-0.2, 0) is 0 Å². The van der Waals surface area contributed by atoms with E-state index < -0.39 is 0 Å². The second-order valence-corrected chi connectivity index (χ2v) is 5.47. The van der Waals surface area contributed by atoms with Crippen molar-refractivity contribution in [3.05, 3.63) is 0 Å². The lowest BCUT2D eigenvalue weighted by Crippen LogP contribution is -2.38. The molecule has 3 fully saturated rings. The molecule has 3 rings (SSSR count). The van der Waals surface area contributed by atoms with Gasteiger partial charge in [0.05, 0.1) is 0 Å². The van der Waals surface area contributed by atoms with Crippen LogP contribution in [0.2, 0.25) is 0 Å². The number of hydrogen-bond acceptors (Lipinski definition) is 2. The lowest BCUT2D eigenvalue weighted by molar-refractivity contribution is 0.391. The summed E-state index contributed by atoms with van der Waals surface area (Å²) in [5.74, 6) is 3.04. The molecule has 1 saturated heterocycles. The maximum absolute atomic E-state index is 3.69. The third kappa shape index (κ3) is 1.82. The standard InChI is InChI=1S/C12H22N2/c1-2-10-7-14-12(11(10)3-1)8-13-6-9-4-5-9/h9-14H,1-8H2. The van der Waals surface area contributed by atoms with E-state index in [0.717, 1.165) is 23.8 Å². The molecule has 2 saturated carbocycles. The predicted octanol–water partition coefficient (Wildman–Crippen LogP) is 1.37. The smallest absolute Gasteiger partial charge is 0.0223 e. The van der Waals surface area contributed by atoms with Crippen LogP contribution in [0.1, 0.15) is 32.1 Å². The van der Waals surface area contributed by atoms with Gasteiger partial charge >= 0.3 is 0 Å². The third-order valence-electron chi connectivity index (χ3n) is 4.37. The third-order valence-corrected chi connectivity index (χ3v) is 4.37. The Balaban J connectivity index is 1.43. The van der Waals surface area contributed by atoms with Crippen molar-refractivity contribution in [2.75, 3.05) is 19.6 Å². The highest BCUT2D eigenvalue weighted by atomic mass is 15.0. The molecule has 0 spiro atoms. The van der Waals surface area contributed by atoms with Gasteiger partial charge in [0.15, 0.2) is 0 Å². The molecule has 0 aromatic carbocycles. The first-order chi connectivity index (χ1) is 6.93. The monoisotopic (exact) mass is 194 g/mol. The molecule has 0 aromatic rings. The van der Waals surface area contributed by atoms with E-state index in [4.69, 9.17) is 0 Å². The molecule has 0 amide bonds. The van der Waals surface area contributed by atoms with Gasteiger partial charge in [0.25, 0.3) is 0 Å². The van der Waals surface area contributed by atoms with E-state index in [9.17, 15) is 0 Å². The van der Waals surface area contributed by atoms with E-state index in [0.29, 0.717) is 0 Å². The zero-order valence-electron chi connectivity index (χ0n) is 8.97. The Bertz CT molecular complexity index is 200. The van der Waals surface area contributed by atoms with Crippen molar-refractivity contribution in [3.8, 4) is 0 Å². The molecule has 2 aliphatic carbocycles. The second kappa shape index (κ2) is 3.82. The summed E-state index contributed by atoms with van der Waals surface area (Å²) in [5.41, 5.74) is 0. The minimum atomic E-state index is 0.793. The summed E-state index contributed by atoms with van der Waals surface area (Å²) in [7, 11) is 0. The molecule has 3 aliphatic rings. The molecule has 0 bridgehead atoms. The molecule has 1 heterocycles. The summed E-state index contributed by atoms with van der Waals surface area (Å²) in [4.78, 5) is 0. The van der Waals surface area contributed by atoms with E-state index in [2.05, 4.69) is 10.6 Å². The van der Waals surface area contributed by atoms with Gasteiger partial charge in [0.1, 0.15) is 0 Å². The van der Waals surface area contributed by atoms with Crippen LogP contribution in [0.4, 0.5) is 0 Å². The number of rotatable bonds is 4. The van der Waals surface area contributed by atoms with Gasteiger partial charge in [0.2, 0.25) is 0 Å². The van der Waals surface area contributed by atoms with Gasteiger partial charge < -0.3 is 10.6 Å². The maximum atomic E-state index is 3.69. The van der Waals surface area contributed by atoms with Gasteiger partial charge in [-0.2, -0.15) is 0 Å². The van der Waals surface area contributed by atoms with Crippen molar-refractivity contribution >= 4 is 0 Å². The number of fused-ring (bicyclic) bond motifs is 1. The maximum Gasteiger partial charge on any atom is 0.0223 e. The van der Waals surface area contributed by atoms with Crippen LogP contribution in [0, 0.1) is 17.8 Å². The Morgan fingerprint density at radius 2 is 2.00 bits per heavy atom. The van der Waals surface area contributed by atoms with Gasteiger partial charge in [-0.1, -0.05) is 6.42 Å². The first-order valence-electron chi connectivity index (χ1n) is 6.37. The Morgan fingerprint density at radius 3 is 2.86 bits per heavy atom. The molecule has 2 nitrogen and oxygen atoms in total. The zero-order valence-corrected chi connectivity index (χ0v) is 8.97. The molecular formula is C12H22N2. The van der Waals surface area contributed by atoms with Gasteiger partial charge in [-0.3, -0.25) is 0 Å². The summed E-state index contributed by atoms with van der Waals surface area (Å²) in [6.07, 6.45) is 7.38. The van der Waals surface area contributed by atoms with Crippen molar-refractivity contribution in [1.29, 1.82) is 0 Å². The molecule has 3 unspecified atom stereocenters. The lowest BCUT2D eigenvalue weighted by atomic mass is 9.94. The second-order valence-electron chi connectivity index (χ2n) is 5.47. The average molecular weight is 194 g/mol. The van der Waals surface area contributed by atoms with E-state index in [1.165, 1.54) is 51.7 Å².